The first kappa shape index (κ1) is 23.2. The number of aromatic nitrogens is 3. The molecule has 0 aliphatic heterocycles. The fraction of sp³-hybridized carbons (Fsp3) is 0.250. The highest BCUT2D eigenvalue weighted by molar-refractivity contribution is 5.76. The van der Waals surface area contributed by atoms with Crippen LogP contribution in [-0.4, -0.2) is 20.7 Å². The Morgan fingerprint density at radius 2 is 1.88 bits per heavy atom. The number of alkyl halides is 3. The van der Waals surface area contributed by atoms with Crippen molar-refractivity contribution in [3.63, 3.8) is 0 Å². The summed E-state index contributed by atoms with van der Waals surface area (Å²) >= 11 is 0. The van der Waals surface area contributed by atoms with Crippen LogP contribution < -0.4 is 5.56 Å². The molecule has 0 saturated heterocycles. The smallest absolute Gasteiger partial charge is 0.416 e. The summed E-state index contributed by atoms with van der Waals surface area (Å²) in [5.74, 6) is -0.0239. The number of fused-ring (bicyclic) bond motifs is 1. The number of halogens is 3. The van der Waals surface area contributed by atoms with E-state index in [0.29, 0.717) is 11.5 Å². The van der Waals surface area contributed by atoms with E-state index in [-0.39, 0.29) is 42.7 Å². The van der Waals surface area contributed by atoms with Crippen LogP contribution >= 0.6 is 0 Å². The number of carbonyl (C=O) groups excluding carboxylic acids is 1. The van der Waals surface area contributed by atoms with Gasteiger partial charge in [-0.3, -0.25) is 9.59 Å². The van der Waals surface area contributed by atoms with E-state index in [1.54, 1.807) is 25.1 Å². The molecular weight excluding hydrogens is 451 g/mol. The molecule has 0 spiro atoms. The van der Waals surface area contributed by atoms with E-state index >= 15 is 0 Å². The van der Waals surface area contributed by atoms with Crippen LogP contribution in [0.25, 0.3) is 11.0 Å². The second kappa shape index (κ2) is 9.50. The SMILES string of the molecule is Cc1cc(COC(=O)CCc2nc3cc(C(F)(F)F)ccc3n(Cc3ccccc3)c2=O)no1. The highest BCUT2D eigenvalue weighted by atomic mass is 19.4. The second-order valence-electron chi connectivity index (χ2n) is 7.73. The minimum atomic E-state index is -4.56. The maximum absolute atomic E-state index is 13.3. The lowest BCUT2D eigenvalue weighted by Gasteiger charge is -2.14. The van der Waals surface area contributed by atoms with Gasteiger partial charge in [-0.15, -0.1) is 0 Å². The third-order valence-electron chi connectivity index (χ3n) is 5.15. The van der Waals surface area contributed by atoms with E-state index in [9.17, 15) is 22.8 Å². The first-order chi connectivity index (χ1) is 16.2. The van der Waals surface area contributed by atoms with Gasteiger partial charge >= 0.3 is 12.1 Å². The Morgan fingerprint density at radius 1 is 1.12 bits per heavy atom. The number of aryl methyl sites for hydroxylation is 2. The van der Waals surface area contributed by atoms with Crippen molar-refractivity contribution in [3.05, 3.63) is 93.2 Å². The molecule has 4 rings (SSSR count). The van der Waals surface area contributed by atoms with Crippen molar-refractivity contribution in [2.45, 2.75) is 39.1 Å². The van der Waals surface area contributed by atoms with Crippen molar-refractivity contribution in [2.24, 2.45) is 0 Å². The fourth-order valence-electron chi connectivity index (χ4n) is 3.49. The quantitative estimate of drug-likeness (QED) is 0.371. The predicted octanol–water partition coefficient (Wildman–Crippen LogP) is 4.44. The molecule has 2 aromatic heterocycles. The molecule has 7 nitrogen and oxygen atoms in total. The van der Waals surface area contributed by atoms with Gasteiger partial charge in [0.2, 0.25) is 0 Å². The molecule has 176 valence electrons. The van der Waals surface area contributed by atoms with Crippen LogP contribution in [0.1, 0.15) is 34.7 Å². The Labute approximate surface area is 191 Å². The molecule has 4 aromatic rings. The van der Waals surface area contributed by atoms with Crippen LogP contribution in [0.15, 0.2) is 63.9 Å². The zero-order chi connectivity index (χ0) is 24.3. The maximum Gasteiger partial charge on any atom is 0.416 e. The third kappa shape index (κ3) is 5.33. The Morgan fingerprint density at radius 3 is 2.56 bits per heavy atom. The Bertz CT molecular complexity index is 1380. The van der Waals surface area contributed by atoms with Crippen LogP contribution in [0.3, 0.4) is 0 Å². The summed E-state index contributed by atoms with van der Waals surface area (Å²) in [4.78, 5) is 29.5. The molecule has 2 aromatic carbocycles. The van der Waals surface area contributed by atoms with Crippen LogP contribution in [0, 0.1) is 6.92 Å². The Kier molecular flexibility index (Phi) is 6.49. The van der Waals surface area contributed by atoms with Crippen LogP contribution in [0.5, 0.6) is 0 Å². The molecule has 10 heteroatoms. The molecule has 0 unspecified atom stereocenters. The summed E-state index contributed by atoms with van der Waals surface area (Å²) in [5.41, 5.74) is 0.171. The zero-order valence-corrected chi connectivity index (χ0v) is 18.1. The number of nitrogens with zero attached hydrogens (tertiary/aromatic N) is 3. The largest absolute Gasteiger partial charge is 0.459 e. The summed E-state index contributed by atoms with van der Waals surface area (Å²) in [5, 5.41) is 3.72. The minimum Gasteiger partial charge on any atom is -0.459 e. The third-order valence-corrected chi connectivity index (χ3v) is 5.15. The standard InChI is InChI=1S/C24H20F3N3O4/c1-15-11-18(29-34-15)14-33-22(31)10-8-19-23(32)30(13-16-5-3-2-4-6-16)21-9-7-17(24(25,26)27)12-20(21)28-19/h2-7,9,11-12H,8,10,13-14H2,1H3. The lowest BCUT2D eigenvalue weighted by Crippen LogP contribution is -2.27. The number of carbonyl (C=O) groups is 1. The number of hydrogen-bond acceptors (Lipinski definition) is 6. The lowest BCUT2D eigenvalue weighted by atomic mass is 10.1. The molecular formula is C24H20F3N3O4. The number of rotatable bonds is 7. The van der Waals surface area contributed by atoms with Crippen molar-refractivity contribution in [1.82, 2.24) is 14.7 Å². The highest BCUT2D eigenvalue weighted by Crippen LogP contribution is 2.31. The average molecular weight is 471 g/mol. The Balaban J connectivity index is 1.62. The maximum atomic E-state index is 13.3. The number of esters is 1. The summed E-state index contributed by atoms with van der Waals surface area (Å²) in [6.45, 7) is 1.76. The molecule has 2 heterocycles. The Hall–Kier alpha value is -3.95. The van der Waals surface area contributed by atoms with Crippen molar-refractivity contribution < 1.29 is 27.2 Å². The van der Waals surface area contributed by atoms with E-state index in [1.165, 1.54) is 10.6 Å². The monoisotopic (exact) mass is 471 g/mol. The van der Waals surface area contributed by atoms with Crippen LogP contribution in [0.2, 0.25) is 0 Å². The van der Waals surface area contributed by atoms with Crippen molar-refractivity contribution in [3.8, 4) is 0 Å². The minimum absolute atomic E-state index is 0.0167. The summed E-state index contributed by atoms with van der Waals surface area (Å²) in [7, 11) is 0. The van der Waals surface area contributed by atoms with Gasteiger partial charge < -0.3 is 13.8 Å². The number of hydrogen-bond donors (Lipinski definition) is 0. The highest BCUT2D eigenvalue weighted by Gasteiger charge is 2.31. The molecule has 0 fully saturated rings. The van der Waals surface area contributed by atoms with Crippen molar-refractivity contribution in [2.75, 3.05) is 0 Å². The van der Waals surface area contributed by atoms with E-state index < -0.39 is 23.3 Å². The van der Waals surface area contributed by atoms with E-state index in [0.717, 1.165) is 17.7 Å². The van der Waals surface area contributed by atoms with Gasteiger partial charge in [-0.25, -0.2) is 4.98 Å². The summed E-state index contributed by atoms with van der Waals surface area (Å²) < 4.78 is 51.2. The average Bonchev–Trinajstić information content (AvgIpc) is 3.23. The molecule has 0 atom stereocenters. The first-order valence-electron chi connectivity index (χ1n) is 10.4. The van der Waals surface area contributed by atoms with Gasteiger partial charge in [0.25, 0.3) is 5.56 Å². The normalized spacial score (nSPS) is 11.6. The van der Waals surface area contributed by atoms with Gasteiger partial charge in [-0.1, -0.05) is 35.5 Å². The van der Waals surface area contributed by atoms with Crippen LogP contribution in [-0.2, 0) is 35.3 Å². The topological polar surface area (TPSA) is 87.2 Å². The van der Waals surface area contributed by atoms with E-state index in [1.807, 2.05) is 18.2 Å². The second-order valence-corrected chi connectivity index (χ2v) is 7.73. The molecule has 0 bridgehead atoms. The van der Waals surface area contributed by atoms with Gasteiger partial charge in [0.1, 0.15) is 23.8 Å². The van der Waals surface area contributed by atoms with Gasteiger partial charge in [0.05, 0.1) is 29.6 Å². The van der Waals surface area contributed by atoms with Crippen molar-refractivity contribution >= 4 is 17.0 Å². The van der Waals surface area contributed by atoms with E-state index in [2.05, 4.69) is 10.1 Å². The van der Waals surface area contributed by atoms with Gasteiger partial charge in [0, 0.05) is 12.5 Å². The summed E-state index contributed by atoms with van der Waals surface area (Å²) in [6, 6.07) is 13.8. The first-order valence-corrected chi connectivity index (χ1v) is 10.4. The predicted molar refractivity (Wildman–Crippen MR) is 116 cm³/mol. The zero-order valence-electron chi connectivity index (χ0n) is 18.1. The molecule has 0 aliphatic rings. The number of benzene rings is 2. The van der Waals surface area contributed by atoms with Crippen molar-refractivity contribution in [1.29, 1.82) is 0 Å². The summed E-state index contributed by atoms with van der Waals surface area (Å²) in [6.07, 6.45) is -4.81. The molecule has 0 aliphatic carbocycles. The molecule has 34 heavy (non-hydrogen) atoms. The van der Waals surface area contributed by atoms with Gasteiger partial charge in [0.15, 0.2) is 0 Å². The van der Waals surface area contributed by atoms with E-state index in [4.69, 9.17) is 9.26 Å². The number of ether oxygens (including phenoxy) is 1. The fourth-order valence-corrected chi connectivity index (χ4v) is 3.49. The van der Waals surface area contributed by atoms with Crippen LogP contribution in [0.4, 0.5) is 13.2 Å². The molecule has 0 amide bonds. The van der Waals surface area contributed by atoms with Gasteiger partial charge in [-0.05, 0) is 30.7 Å². The molecule has 0 radical (unpaired) electrons. The van der Waals surface area contributed by atoms with Gasteiger partial charge in [-0.2, -0.15) is 13.2 Å². The lowest BCUT2D eigenvalue weighted by molar-refractivity contribution is -0.145. The molecule has 0 N–H and O–H groups in total. The molecule has 0 saturated carbocycles.